The molecule has 81 heavy (non-hydrogen) atoms. The first-order valence-corrected chi connectivity index (χ1v) is 29.6. The van der Waals surface area contributed by atoms with Gasteiger partial charge < -0.3 is 40.7 Å². The molecule has 6 aromatic rings. The second-order valence-corrected chi connectivity index (χ2v) is 24.5. The summed E-state index contributed by atoms with van der Waals surface area (Å²) < 4.78 is 38.6. The Kier molecular flexibility index (Phi) is 17.5. The summed E-state index contributed by atoms with van der Waals surface area (Å²) in [5.74, 6) is 0.485. The highest BCUT2D eigenvalue weighted by molar-refractivity contribution is 7.13. The van der Waals surface area contributed by atoms with E-state index in [9.17, 15) is 24.6 Å². The molecule has 19 heteroatoms. The number of ether oxygens (including phenoxy) is 1. The highest BCUT2D eigenvalue weighted by atomic mass is 32.1. The van der Waals surface area contributed by atoms with Crippen molar-refractivity contribution in [2.24, 2.45) is 5.41 Å². The number of hydrogen-bond acceptors (Lipinski definition) is 14. The van der Waals surface area contributed by atoms with Gasteiger partial charge in [-0.05, 0) is 92.6 Å². The molecule has 0 spiro atoms. The van der Waals surface area contributed by atoms with E-state index >= 15 is 8.78 Å². The number of anilines is 1. The van der Waals surface area contributed by atoms with Gasteiger partial charge in [-0.1, -0.05) is 89.1 Å². The van der Waals surface area contributed by atoms with Crippen LogP contribution in [-0.2, 0) is 14.4 Å². The fourth-order valence-electron chi connectivity index (χ4n) is 12.2. The summed E-state index contributed by atoms with van der Waals surface area (Å²) >= 11 is 1.58. The third kappa shape index (κ3) is 12.9. The van der Waals surface area contributed by atoms with Crippen LogP contribution in [-0.4, -0.2) is 133 Å². The van der Waals surface area contributed by atoms with Gasteiger partial charge in [0.2, 0.25) is 17.7 Å². The molecule has 0 saturated carbocycles. The van der Waals surface area contributed by atoms with Crippen molar-refractivity contribution in [1.82, 2.24) is 45.7 Å². The van der Waals surface area contributed by atoms with Gasteiger partial charge in [0.15, 0.2) is 5.82 Å². The van der Waals surface area contributed by atoms with E-state index in [0.717, 1.165) is 92.6 Å². The number of pyridine rings is 1. The van der Waals surface area contributed by atoms with Crippen LogP contribution < -0.4 is 25.6 Å². The van der Waals surface area contributed by atoms with Crippen molar-refractivity contribution < 1.29 is 38.1 Å². The number of amides is 3. The largest absolute Gasteiger partial charge is 0.508 e. The summed E-state index contributed by atoms with van der Waals surface area (Å²) in [6.45, 7) is 13.4. The second kappa shape index (κ2) is 24.7. The molecule has 0 aliphatic carbocycles. The molecule has 4 aliphatic rings. The number of aliphatic hydroxyl groups is 1. The van der Waals surface area contributed by atoms with Crippen molar-refractivity contribution in [3.8, 4) is 45.8 Å². The number of terminal acetylenes is 1. The van der Waals surface area contributed by atoms with Crippen molar-refractivity contribution in [3.05, 3.63) is 88.7 Å². The lowest BCUT2D eigenvalue weighted by Gasteiger charge is -2.35. The van der Waals surface area contributed by atoms with Gasteiger partial charge in [-0.25, -0.2) is 13.8 Å². The fourth-order valence-corrected chi connectivity index (χ4v) is 13.0. The average Bonchev–Trinajstić information content (AvgIpc) is 4.21. The topological polar surface area (TPSA) is 198 Å². The molecule has 4 aliphatic heterocycles. The van der Waals surface area contributed by atoms with E-state index in [1.807, 2.05) is 64.4 Å². The molecule has 16 nitrogen and oxygen atoms in total. The first kappa shape index (κ1) is 57.4. The van der Waals surface area contributed by atoms with E-state index < -0.39 is 35.2 Å². The van der Waals surface area contributed by atoms with Gasteiger partial charge in [-0.2, -0.15) is 9.97 Å². The highest BCUT2D eigenvalue weighted by Crippen LogP contribution is 2.40. The van der Waals surface area contributed by atoms with E-state index in [1.54, 1.807) is 17.5 Å². The van der Waals surface area contributed by atoms with E-state index in [1.165, 1.54) is 29.2 Å². The maximum atomic E-state index is 17.1. The first-order chi connectivity index (χ1) is 38.9. The molecule has 3 amide bonds. The zero-order chi connectivity index (χ0) is 57.1. The normalized spacial score (nSPS) is 20.9. The van der Waals surface area contributed by atoms with Crippen LogP contribution >= 0.6 is 11.3 Å². The number of hydrogen-bond donors (Lipinski definition) is 5. The number of piperazine rings is 1. The first-order valence-electron chi connectivity index (χ1n) is 28.7. The number of aliphatic hydroxyl groups excluding tert-OH is 1. The Balaban J connectivity index is 0.677. The van der Waals surface area contributed by atoms with Gasteiger partial charge in [-0.15, -0.1) is 17.8 Å². The van der Waals surface area contributed by atoms with Crippen molar-refractivity contribution in [3.63, 3.8) is 0 Å². The zero-order valence-electron chi connectivity index (χ0n) is 46.9. The van der Waals surface area contributed by atoms with Crippen molar-refractivity contribution in [1.29, 1.82) is 0 Å². The number of likely N-dealkylation sites (tertiary alicyclic amines) is 2. The minimum atomic E-state index is -0.880. The number of phenolic OH excluding ortho intramolecular Hbond substituents is 1. The maximum absolute atomic E-state index is 17.1. The number of benzene rings is 3. The molecule has 428 valence electrons. The summed E-state index contributed by atoms with van der Waals surface area (Å²) in [6.07, 6.45) is 16.2. The molecule has 3 aromatic carbocycles. The monoisotopic (exact) mass is 1120 g/mol. The molecule has 10 rings (SSSR count). The van der Waals surface area contributed by atoms with Crippen LogP contribution in [0.2, 0.25) is 0 Å². The van der Waals surface area contributed by atoms with Crippen molar-refractivity contribution in [2.75, 3.05) is 44.2 Å². The Labute approximate surface area is 476 Å². The molecule has 7 atom stereocenters. The van der Waals surface area contributed by atoms with Gasteiger partial charge in [0.05, 0.1) is 39.2 Å². The van der Waals surface area contributed by atoms with Crippen LogP contribution in [0, 0.1) is 36.3 Å². The van der Waals surface area contributed by atoms with E-state index in [2.05, 4.69) is 46.6 Å². The van der Waals surface area contributed by atoms with Gasteiger partial charge in [0.25, 0.3) is 0 Å². The summed E-state index contributed by atoms with van der Waals surface area (Å²) in [5, 5.41) is 32.3. The molecule has 4 fully saturated rings. The number of aryl methyl sites for hydroxylation is 1. The van der Waals surface area contributed by atoms with Crippen LogP contribution in [0.25, 0.3) is 43.4 Å². The van der Waals surface area contributed by atoms with Gasteiger partial charge in [0, 0.05) is 74.8 Å². The Morgan fingerprint density at radius 2 is 1.65 bits per heavy atom. The maximum Gasteiger partial charge on any atom is 0.319 e. The third-order valence-corrected chi connectivity index (χ3v) is 17.5. The molecule has 3 aromatic heterocycles. The molecular formula is C62H74F2N10O6S. The minimum Gasteiger partial charge on any atom is -0.508 e. The summed E-state index contributed by atoms with van der Waals surface area (Å²) in [5.41, 5.74) is 4.10. The molecule has 4 saturated heterocycles. The Hall–Kier alpha value is -6.85. The second-order valence-electron chi connectivity index (χ2n) is 23.6. The van der Waals surface area contributed by atoms with Crippen LogP contribution in [0.15, 0.2) is 60.2 Å². The molecule has 2 bridgehead atoms. The highest BCUT2D eigenvalue weighted by Gasteiger charge is 2.45. The third-order valence-electron chi connectivity index (χ3n) is 16.6. The smallest absolute Gasteiger partial charge is 0.319 e. The summed E-state index contributed by atoms with van der Waals surface area (Å²) in [6, 6.07) is 12.0. The fraction of sp³-hybridized carbons (Fsp3) is 0.500. The number of nitrogens with one attached hydrogen (secondary N) is 3. The average molecular weight is 1130 g/mol. The number of nitrogens with zero attached hydrogens (tertiary/aromatic N) is 7. The number of halogens is 2. The predicted molar refractivity (Wildman–Crippen MR) is 311 cm³/mol. The lowest BCUT2D eigenvalue weighted by Crippen LogP contribution is -2.57. The number of phenols is 1. The van der Waals surface area contributed by atoms with Crippen LogP contribution in [0.4, 0.5) is 14.6 Å². The zero-order valence-corrected chi connectivity index (χ0v) is 47.8. The number of aromatic nitrogens is 4. The Morgan fingerprint density at radius 3 is 2.36 bits per heavy atom. The number of carbonyl (C=O) groups excluding carboxylic acids is 3. The number of thiazole rings is 1. The van der Waals surface area contributed by atoms with Crippen LogP contribution in [0.1, 0.15) is 128 Å². The van der Waals surface area contributed by atoms with Gasteiger partial charge >= 0.3 is 6.01 Å². The van der Waals surface area contributed by atoms with Gasteiger partial charge in [-0.3, -0.25) is 24.3 Å². The number of carbonyl (C=O) groups is 3. The van der Waals surface area contributed by atoms with E-state index in [-0.39, 0.29) is 101 Å². The standard InChI is InChI=1S/C62H74F2N10O6S/c1-7-46-49(63)23-20-40-27-43(75)28-47(52(40)46)54-53(64)55-48(30-65-54)58(73-31-41-21-22-42(32-73)68-41)71-61(70-55)80-45-24-26-72(34-45)25-14-12-10-8-9-11-13-15-51(77)69-57(62(4,5)6)60(79)74-33-44(76)29-50(74)59(78)67-36(2)38-16-18-39(19-17-38)56-37(3)66-35-81-56/h1,16-20,23,27-28,30,35-36,41-42,44-45,50,57,68,75-76H,8-15,21-22,24-26,29,31-34H2,2-6H3,(H,67,78)(H,69,77)/t36-,41?,42?,44+,45+,50-,57+/m0/s1. The number of unbranched alkanes of at least 4 members (excludes halogenated alkanes) is 6. The van der Waals surface area contributed by atoms with E-state index in [0.29, 0.717) is 42.6 Å². The van der Waals surface area contributed by atoms with Crippen molar-refractivity contribution >= 4 is 56.6 Å². The van der Waals surface area contributed by atoms with Gasteiger partial charge in [0.1, 0.15) is 46.8 Å². The van der Waals surface area contributed by atoms with E-state index in [4.69, 9.17) is 16.1 Å². The number of rotatable bonds is 20. The molecule has 5 N–H and O–H groups in total. The lowest BCUT2D eigenvalue weighted by atomic mass is 9.85. The molecule has 7 heterocycles. The quantitative estimate of drug-likeness (QED) is 0.0359. The van der Waals surface area contributed by atoms with Crippen LogP contribution in [0.5, 0.6) is 11.8 Å². The number of fused-ring (bicyclic) bond motifs is 4. The summed E-state index contributed by atoms with van der Waals surface area (Å²) in [7, 11) is 0. The minimum absolute atomic E-state index is 0.0121. The molecule has 0 radical (unpaired) electrons. The Bertz CT molecular complexity index is 3320. The Morgan fingerprint density at radius 1 is 0.926 bits per heavy atom. The molecular weight excluding hydrogens is 1050 g/mol. The number of aromatic hydroxyl groups is 1. The molecule has 2 unspecified atom stereocenters. The van der Waals surface area contributed by atoms with Crippen LogP contribution in [0.3, 0.4) is 0 Å². The SMILES string of the molecule is C#Cc1c(F)ccc2cc(O)cc(-c3ncc4c(N5CC6CCC(C5)N6)nc(O[C@@H]5CCN(CCCCCCCCCC(=O)N[C@H](C(=O)N6C[C@H](O)C[C@H]6C(=O)N[C@@H](C)c6ccc(-c7scnc7C)cc6)C(C)(C)C)C5)nc4c3F)c12. The lowest BCUT2D eigenvalue weighted by molar-refractivity contribution is -0.144. The van der Waals surface area contributed by atoms with Crippen molar-refractivity contribution in [2.45, 2.75) is 154 Å². The number of β-amino-alcohol motifs (C(OH)–C–C–N with tert-alkyl or cyclic N) is 1. The predicted octanol–water partition coefficient (Wildman–Crippen LogP) is 9.13. The summed E-state index contributed by atoms with van der Waals surface area (Å²) in [4.78, 5) is 66.9.